The molecule has 156 valence electrons. The first-order chi connectivity index (χ1) is 13.8. The van der Waals surface area contributed by atoms with E-state index in [0.717, 1.165) is 17.0 Å². The minimum atomic E-state index is -0.690. The van der Waals surface area contributed by atoms with Crippen LogP contribution in [-0.2, 0) is 16.0 Å². The van der Waals surface area contributed by atoms with E-state index in [2.05, 4.69) is 31.1 Å². The highest BCUT2D eigenvalue weighted by Gasteiger charge is 2.42. The first-order valence-corrected chi connectivity index (χ1v) is 10.9. The van der Waals surface area contributed by atoms with Crippen molar-refractivity contribution < 1.29 is 19.2 Å². The molecule has 0 saturated heterocycles. The summed E-state index contributed by atoms with van der Waals surface area (Å²) in [5, 5.41) is 14.8. The van der Waals surface area contributed by atoms with Gasteiger partial charge in [0.25, 0.3) is 0 Å². The van der Waals surface area contributed by atoms with Gasteiger partial charge in [-0.1, -0.05) is 74.9 Å². The number of carbonyl (C=O) groups excluding carboxylic acids is 1. The van der Waals surface area contributed by atoms with E-state index < -0.39 is 11.6 Å². The van der Waals surface area contributed by atoms with Gasteiger partial charge in [0.15, 0.2) is 0 Å². The van der Waals surface area contributed by atoms with Gasteiger partial charge in [0.05, 0.1) is 10.6 Å². The fourth-order valence-corrected chi connectivity index (χ4v) is 4.82. The normalized spacial score (nSPS) is 19.9. The molecule has 0 aliphatic carbocycles. The van der Waals surface area contributed by atoms with E-state index in [1.54, 1.807) is 0 Å². The van der Waals surface area contributed by atoms with Gasteiger partial charge in [-0.05, 0) is 30.7 Å². The highest BCUT2D eigenvalue weighted by molar-refractivity contribution is 8.04. The van der Waals surface area contributed by atoms with Gasteiger partial charge >= 0.3 is 5.97 Å². The molecule has 2 aromatic rings. The third kappa shape index (κ3) is 5.24. The molecule has 0 bridgehead atoms. The molecule has 1 N–H and O–H groups in total. The van der Waals surface area contributed by atoms with Gasteiger partial charge in [-0.3, -0.25) is 0 Å². The molecule has 0 spiro atoms. The molecule has 0 saturated carbocycles. The number of hydrogen-bond acceptors (Lipinski definition) is 6. The second kappa shape index (κ2) is 9.08. The molecule has 0 fully saturated rings. The lowest BCUT2D eigenvalue weighted by Gasteiger charge is -2.38. The molecule has 0 radical (unpaired) electrons. The molecule has 29 heavy (non-hydrogen) atoms. The summed E-state index contributed by atoms with van der Waals surface area (Å²) >= 11 is 1.18. The summed E-state index contributed by atoms with van der Waals surface area (Å²) in [6.07, 6.45) is 4.01. The summed E-state index contributed by atoms with van der Waals surface area (Å²) in [7, 11) is 0. The van der Waals surface area contributed by atoms with Gasteiger partial charge < -0.3 is 14.4 Å². The van der Waals surface area contributed by atoms with Crippen LogP contribution in [0.15, 0.2) is 56.7 Å². The molecule has 1 unspecified atom stereocenters. The minimum Gasteiger partial charge on any atom is -0.511 e. The van der Waals surface area contributed by atoms with Crippen LogP contribution < -0.4 is 0 Å². The first kappa shape index (κ1) is 21.5. The number of nitrogens with zero attached hydrogens (tertiary/aromatic N) is 1. The average Bonchev–Trinajstić information content (AvgIpc) is 3.12. The van der Waals surface area contributed by atoms with Crippen molar-refractivity contribution in [1.29, 1.82) is 0 Å². The van der Waals surface area contributed by atoms with Crippen LogP contribution in [0.4, 0.5) is 0 Å². The number of aryl methyl sites for hydroxylation is 1. The zero-order valence-corrected chi connectivity index (χ0v) is 18.3. The molecule has 5 nitrogen and oxygen atoms in total. The van der Waals surface area contributed by atoms with E-state index in [0.29, 0.717) is 25.2 Å². The largest absolute Gasteiger partial charge is 0.511 e. The van der Waals surface area contributed by atoms with Crippen LogP contribution in [0.25, 0.3) is 0 Å². The summed E-state index contributed by atoms with van der Waals surface area (Å²) in [5.41, 5.74) is 1.28. The molecule has 3 rings (SSSR count). The fourth-order valence-electron chi connectivity index (χ4n) is 3.81. The van der Waals surface area contributed by atoms with Crippen LogP contribution >= 0.6 is 11.8 Å². The number of ether oxygens (including phenoxy) is 1. The number of aliphatic hydroxyl groups is 1. The Balaban J connectivity index is 1.82. The zero-order valence-electron chi connectivity index (χ0n) is 17.5. The van der Waals surface area contributed by atoms with Crippen LogP contribution in [0.1, 0.15) is 64.1 Å². The maximum absolute atomic E-state index is 12.9. The number of esters is 1. The van der Waals surface area contributed by atoms with Crippen LogP contribution in [-0.4, -0.2) is 21.8 Å². The fraction of sp³-hybridized carbons (Fsp3) is 0.478. The second-order valence-corrected chi connectivity index (χ2v) is 9.48. The molecule has 0 amide bonds. The molecule has 6 heteroatoms. The number of benzene rings is 1. The van der Waals surface area contributed by atoms with Crippen molar-refractivity contribution in [2.45, 2.75) is 69.8 Å². The maximum atomic E-state index is 12.9. The molecule has 2 heterocycles. The van der Waals surface area contributed by atoms with Gasteiger partial charge in [0.2, 0.25) is 0 Å². The van der Waals surface area contributed by atoms with Crippen molar-refractivity contribution in [3.8, 4) is 0 Å². The Hall–Kier alpha value is -2.21. The second-order valence-electron chi connectivity index (χ2n) is 8.43. The van der Waals surface area contributed by atoms with Crippen molar-refractivity contribution >= 4 is 17.7 Å². The molecular weight excluding hydrogens is 386 g/mol. The zero-order chi connectivity index (χ0) is 21.0. The number of hydrogen-bond donors (Lipinski definition) is 1. The molecule has 1 aromatic heterocycles. The third-order valence-electron chi connectivity index (χ3n) is 5.06. The van der Waals surface area contributed by atoms with Gasteiger partial charge in [-0.25, -0.2) is 4.79 Å². The Morgan fingerprint density at radius 2 is 1.93 bits per heavy atom. The van der Waals surface area contributed by atoms with Crippen molar-refractivity contribution in [1.82, 2.24) is 5.16 Å². The van der Waals surface area contributed by atoms with Crippen LogP contribution in [0.3, 0.4) is 0 Å². The third-order valence-corrected chi connectivity index (χ3v) is 6.19. The Morgan fingerprint density at radius 1 is 1.21 bits per heavy atom. The standard InChI is InChI=1S/C23H29NO4S/c1-15(2)12-23(11-10-17-8-6-5-7-9-17)13-18(25)21(22(26)28-23)29-19-14-27-24-20(19)16(3)4/h5-9,14-16,25H,10-13H2,1-4H3. The Morgan fingerprint density at radius 3 is 2.55 bits per heavy atom. The van der Waals surface area contributed by atoms with Crippen molar-refractivity contribution in [3.05, 3.63) is 58.5 Å². The lowest BCUT2D eigenvalue weighted by atomic mass is 9.82. The van der Waals surface area contributed by atoms with E-state index in [-0.39, 0.29) is 16.6 Å². The summed E-state index contributed by atoms with van der Waals surface area (Å²) in [4.78, 5) is 13.9. The van der Waals surface area contributed by atoms with Gasteiger partial charge in [-0.2, -0.15) is 0 Å². The van der Waals surface area contributed by atoms with E-state index in [4.69, 9.17) is 9.26 Å². The summed E-state index contributed by atoms with van der Waals surface area (Å²) in [6, 6.07) is 10.2. The lowest BCUT2D eigenvalue weighted by molar-refractivity contribution is -0.160. The SMILES string of the molecule is CC(C)CC1(CCc2ccccc2)CC(O)=C(Sc2conc2C(C)C)C(=O)O1. The highest BCUT2D eigenvalue weighted by atomic mass is 32.2. The molecule has 1 aliphatic heterocycles. The molecule has 1 aliphatic rings. The van der Waals surface area contributed by atoms with Gasteiger partial charge in [0, 0.05) is 12.3 Å². The lowest BCUT2D eigenvalue weighted by Crippen LogP contribution is -2.41. The Labute approximate surface area is 176 Å². The minimum absolute atomic E-state index is 0.0934. The van der Waals surface area contributed by atoms with Gasteiger partial charge in [-0.15, -0.1) is 0 Å². The summed E-state index contributed by atoms with van der Waals surface area (Å²) in [6.45, 7) is 8.23. The van der Waals surface area contributed by atoms with E-state index in [1.165, 1.54) is 23.6 Å². The topological polar surface area (TPSA) is 72.6 Å². The van der Waals surface area contributed by atoms with Gasteiger partial charge in [0.1, 0.15) is 22.5 Å². The van der Waals surface area contributed by atoms with E-state index in [1.807, 2.05) is 32.0 Å². The van der Waals surface area contributed by atoms with E-state index >= 15 is 0 Å². The van der Waals surface area contributed by atoms with Crippen molar-refractivity contribution in [3.63, 3.8) is 0 Å². The Kier molecular flexibility index (Phi) is 6.73. The number of aliphatic hydroxyl groups excluding tert-OH is 1. The van der Waals surface area contributed by atoms with Crippen molar-refractivity contribution in [2.24, 2.45) is 5.92 Å². The smallest absolute Gasteiger partial charge is 0.349 e. The molecule has 1 aromatic carbocycles. The van der Waals surface area contributed by atoms with E-state index in [9.17, 15) is 9.90 Å². The number of aromatic nitrogens is 1. The quantitative estimate of drug-likeness (QED) is 0.531. The number of rotatable bonds is 8. The van der Waals surface area contributed by atoms with Crippen LogP contribution in [0.5, 0.6) is 0 Å². The average molecular weight is 416 g/mol. The first-order valence-electron chi connectivity index (χ1n) is 10.1. The predicted octanol–water partition coefficient (Wildman–Crippen LogP) is 6.02. The number of cyclic esters (lactones) is 1. The summed E-state index contributed by atoms with van der Waals surface area (Å²) in [5.74, 6) is 0.120. The summed E-state index contributed by atoms with van der Waals surface area (Å²) < 4.78 is 11.1. The highest BCUT2D eigenvalue weighted by Crippen LogP contribution is 2.43. The monoisotopic (exact) mass is 415 g/mol. The molecule has 1 atom stereocenters. The van der Waals surface area contributed by atoms with Crippen LogP contribution in [0, 0.1) is 5.92 Å². The maximum Gasteiger partial charge on any atom is 0.349 e. The van der Waals surface area contributed by atoms with Crippen molar-refractivity contribution in [2.75, 3.05) is 0 Å². The Bertz CT molecular complexity index is 872. The number of carbonyl (C=O) groups is 1. The number of thioether (sulfide) groups is 1. The predicted molar refractivity (Wildman–Crippen MR) is 114 cm³/mol. The van der Waals surface area contributed by atoms with Crippen LogP contribution in [0.2, 0.25) is 0 Å². The molecular formula is C23H29NO4S.